The molecule has 0 bridgehead atoms. The molecule has 0 radical (unpaired) electrons. The van der Waals surface area contributed by atoms with E-state index in [0.29, 0.717) is 11.0 Å². The maximum Gasteiger partial charge on any atom is 0.166 e. The highest BCUT2D eigenvalue weighted by molar-refractivity contribution is 7.80. The monoisotopic (exact) mass is 250 g/mol. The lowest BCUT2D eigenvalue weighted by Gasteiger charge is -2.19. The lowest BCUT2D eigenvalue weighted by atomic mass is 9.98. The van der Waals surface area contributed by atoms with Crippen LogP contribution in [0.1, 0.15) is 50.3 Å². The predicted molar refractivity (Wildman–Crippen MR) is 78.4 cm³/mol. The van der Waals surface area contributed by atoms with Gasteiger partial charge in [0.2, 0.25) is 0 Å². The first-order valence-corrected chi connectivity index (χ1v) is 6.57. The molecule has 2 nitrogen and oxygen atoms in total. The standard InChI is InChI=1S/C14H22N2S/c1-5-13(16-14(17)15-4)12-8-6-11(7-9-12)10(2)3/h6-10,13H,5H2,1-4H3,(H2,15,16,17). The Balaban J connectivity index is 2.78. The van der Waals surface area contributed by atoms with E-state index < -0.39 is 0 Å². The average molecular weight is 250 g/mol. The van der Waals surface area contributed by atoms with Crippen LogP contribution in [-0.4, -0.2) is 12.2 Å². The van der Waals surface area contributed by atoms with Gasteiger partial charge in [-0.25, -0.2) is 0 Å². The van der Waals surface area contributed by atoms with Crippen molar-refractivity contribution >= 4 is 17.3 Å². The summed E-state index contributed by atoms with van der Waals surface area (Å²) in [6.45, 7) is 6.58. The summed E-state index contributed by atoms with van der Waals surface area (Å²) in [5.41, 5.74) is 2.66. The molecule has 1 unspecified atom stereocenters. The van der Waals surface area contributed by atoms with Crippen molar-refractivity contribution in [3.63, 3.8) is 0 Å². The molecule has 0 fully saturated rings. The van der Waals surface area contributed by atoms with Gasteiger partial charge in [0.25, 0.3) is 0 Å². The molecule has 0 amide bonds. The van der Waals surface area contributed by atoms with Crippen molar-refractivity contribution in [1.82, 2.24) is 10.6 Å². The summed E-state index contributed by atoms with van der Waals surface area (Å²) in [4.78, 5) is 0. The number of benzene rings is 1. The second-order valence-electron chi connectivity index (χ2n) is 4.51. The number of nitrogens with one attached hydrogen (secondary N) is 2. The van der Waals surface area contributed by atoms with Crippen LogP contribution < -0.4 is 10.6 Å². The van der Waals surface area contributed by atoms with Crippen molar-refractivity contribution in [2.75, 3.05) is 7.05 Å². The van der Waals surface area contributed by atoms with Gasteiger partial charge in [-0.3, -0.25) is 0 Å². The molecule has 0 saturated heterocycles. The van der Waals surface area contributed by atoms with Crippen molar-refractivity contribution in [2.24, 2.45) is 0 Å². The van der Waals surface area contributed by atoms with Crippen LogP contribution in [0.4, 0.5) is 0 Å². The zero-order chi connectivity index (χ0) is 12.8. The van der Waals surface area contributed by atoms with E-state index in [2.05, 4.69) is 55.7 Å². The van der Waals surface area contributed by atoms with Gasteiger partial charge in [-0.2, -0.15) is 0 Å². The van der Waals surface area contributed by atoms with Crippen molar-refractivity contribution in [2.45, 2.75) is 39.2 Å². The van der Waals surface area contributed by atoms with Crippen LogP contribution in [0.3, 0.4) is 0 Å². The molecule has 1 atom stereocenters. The molecule has 0 aliphatic rings. The highest BCUT2D eigenvalue weighted by atomic mass is 32.1. The molecule has 0 heterocycles. The number of thiocarbonyl (C=S) groups is 1. The van der Waals surface area contributed by atoms with Crippen LogP contribution in [0.5, 0.6) is 0 Å². The maximum absolute atomic E-state index is 5.14. The smallest absolute Gasteiger partial charge is 0.166 e. The first kappa shape index (κ1) is 14.0. The van der Waals surface area contributed by atoms with Crippen LogP contribution in [0.15, 0.2) is 24.3 Å². The van der Waals surface area contributed by atoms with E-state index in [4.69, 9.17) is 12.2 Å². The van der Waals surface area contributed by atoms with Crippen molar-refractivity contribution < 1.29 is 0 Å². The van der Waals surface area contributed by atoms with E-state index in [-0.39, 0.29) is 6.04 Å². The van der Waals surface area contributed by atoms with E-state index in [0.717, 1.165) is 6.42 Å². The SMILES string of the molecule is CCC(NC(=S)NC)c1ccc(C(C)C)cc1. The zero-order valence-corrected chi connectivity index (χ0v) is 11.9. The third kappa shape index (κ3) is 4.00. The van der Waals surface area contributed by atoms with Gasteiger partial charge in [-0.1, -0.05) is 45.0 Å². The normalized spacial score (nSPS) is 12.3. The minimum absolute atomic E-state index is 0.288. The molecule has 0 saturated carbocycles. The Kier molecular flexibility index (Phi) is 5.42. The summed E-state index contributed by atoms with van der Waals surface area (Å²) >= 11 is 5.14. The quantitative estimate of drug-likeness (QED) is 0.801. The fourth-order valence-electron chi connectivity index (χ4n) is 1.76. The van der Waals surface area contributed by atoms with Gasteiger partial charge in [0.15, 0.2) is 5.11 Å². The fourth-order valence-corrected chi connectivity index (χ4v) is 1.91. The summed E-state index contributed by atoms with van der Waals surface area (Å²) in [7, 11) is 1.84. The maximum atomic E-state index is 5.14. The van der Waals surface area contributed by atoms with Gasteiger partial charge < -0.3 is 10.6 Å². The van der Waals surface area contributed by atoms with E-state index in [1.54, 1.807) is 0 Å². The number of hydrogen-bond donors (Lipinski definition) is 2. The van der Waals surface area contributed by atoms with Gasteiger partial charge in [-0.15, -0.1) is 0 Å². The first-order chi connectivity index (χ1) is 8.08. The highest BCUT2D eigenvalue weighted by Gasteiger charge is 2.10. The molecule has 0 aliphatic carbocycles. The van der Waals surface area contributed by atoms with Gasteiger partial charge in [0.05, 0.1) is 6.04 Å². The average Bonchev–Trinajstić information content (AvgIpc) is 2.35. The number of rotatable bonds is 4. The molecule has 2 N–H and O–H groups in total. The van der Waals surface area contributed by atoms with Crippen LogP contribution in [-0.2, 0) is 0 Å². The molecule has 3 heteroatoms. The van der Waals surface area contributed by atoms with E-state index in [1.165, 1.54) is 11.1 Å². The van der Waals surface area contributed by atoms with Crippen LogP contribution in [0.2, 0.25) is 0 Å². The minimum Gasteiger partial charge on any atom is -0.366 e. The molecule has 1 aromatic rings. The predicted octanol–water partition coefficient (Wildman–Crippen LogP) is 3.36. The Bertz CT molecular complexity index is 357. The Labute approximate surface area is 110 Å². The van der Waals surface area contributed by atoms with Gasteiger partial charge in [0, 0.05) is 7.05 Å². The molecule has 0 aliphatic heterocycles. The molecule has 94 valence electrons. The zero-order valence-electron chi connectivity index (χ0n) is 11.1. The third-order valence-electron chi connectivity index (χ3n) is 2.95. The minimum atomic E-state index is 0.288. The van der Waals surface area contributed by atoms with Crippen molar-refractivity contribution in [3.05, 3.63) is 35.4 Å². The second-order valence-corrected chi connectivity index (χ2v) is 4.91. The lowest BCUT2D eigenvalue weighted by molar-refractivity contribution is 0.621. The third-order valence-corrected chi connectivity index (χ3v) is 3.27. The van der Waals surface area contributed by atoms with E-state index >= 15 is 0 Å². The fraction of sp³-hybridized carbons (Fsp3) is 0.500. The molecule has 0 aromatic heterocycles. The van der Waals surface area contributed by atoms with Gasteiger partial charge in [-0.05, 0) is 35.7 Å². The van der Waals surface area contributed by atoms with Gasteiger partial charge >= 0.3 is 0 Å². The molecule has 1 rings (SSSR count). The van der Waals surface area contributed by atoms with Crippen LogP contribution in [0, 0.1) is 0 Å². The van der Waals surface area contributed by atoms with Crippen LogP contribution >= 0.6 is 12.2 Å². The summed E-state index contributed by atoms with van der Waals surface area (Å²) in [6, 6.07) is 9.07. The van der Waals surface area contributed by atoms with Gasteiger partial charge in [0.1, 0.15) is 0 Å². The van der Waals surface area contributed by atoms with Crippen molar-refractivity contribution in [3.8, 4) is 0 Å². The topological polar surface area (TPSA) is 24.1 Å². The summed E-state index contributed by atoms with van der Waals surface area (Å²) in [5, 5.41) is 6.95. The highest BCUT2D eigenvalue weighted by Crippen LogP contribution is 2.20. The van der Waals surface area contributed by atoms with E-state index in [9.17, 15) is 0 Å². The summed E-state index contributed by atoms with van der Waals surface area (Å²) in [5.74, 6) is 0.579. The molecular formula is C14H22N2S. The van der Waals surface area contributed by atoms with Crippen molar-refractivity contribution in [1.29, 1.82) is 0 Å². The Morgan fingerprint density at radius 1 is 1.18 bits per heavy atom. The molecule has 17 heavy (non-hydrogen) atoms. The summed E-state index contributed by atoms with van der Waals surface area (Å²) in [6.07, 6.45) is 1.02. The Morgan fingerprint density at radius 3 is 2.12 bits per heavy atom. The summed E-state index contributed by atoms with van der Waals surface area (Å²) < 4.78 is 0. The first-order valence-electron chi connectivity index (χ1n) is 6.16. The lowest BCUT2D eigenvalue weighted by Crippen LogP contribution is -2.35. The Hall–Kier alpha value is -1.09. The molecule has 1 aromatic carbocycles. The molecular weight excluding hydrogens is 228 g/mol. The second kappa shape index (κ2) is 6.60. The molecule has 0 spiro atoms. The van der Waals surface area contributed by atoms with E-state index in [1.807, 2.05) is 7.05 Å². The Morgan fingerprint density at radius 2 is 1.71 bits per heavy atom. The number of hydrogen-bond acceptors (Lipinski definition) is 1. The largest absolute Gasteiger partial charge is 0.366 e. The van der Waals surface area contributed by atoms with Crippen LogP contribution in [0.25, 0.3) is 0 Å².